The predicted octanol–water partition coefficient (Wildman–Crippen LogP) is 4.63. The Hall–Kier alpha value is -1.91. The van der Waals surface area contributed by atoms with E-state index >= 15 is 0 Å². The van der Waals surface area contributed by atoms with Gasteiger partial charge in [0.1, 0.15) is 5.75 Å². The summed E-state index contributed by atoms with van der Waals surface area (Å²) in [5, 5.41) is 10.5. The lowest BCUT2D eigenvalue weighted by Gasteiger charge is -2.19. The second-order valence-corrected chi connectivity index (χ2v) is 5.89. The Morgan fingerprint density at radius 1 is 1.17 bits per heavy atom. The van der Waals surface area contributed by atoms with Gasteiger partial charge in [-0.1, -0.05) is 31.2 Å². The molecule has 0 aliphatic heterocycles. The van der Waals surface area contributed by atoms with E-state index in [0.29, 0.717) is 24.3 Å². The molecule has 0 bridgehead atoms. The van der Waals surface area contributed by atoms with Gasteiger partial charge < -0.3 is 14.6 Å². The standard InChI is InChI=1S/C19H23FO3/c1-13-6-4-7-15(10-13)23-19-16(8-5-9-17(19)20)18(21)11-14(2)12-22-3/h4-10,14,18,21H,11-12H2,1-3H3. The van der Waals surface area contributed by atoms with Crippen molar-refractivity contribution < 1.29 is 19.0 Å². The highest BCUT2D eigenvalue weighted by Gasteiger charge is 2.20. The maximum atomic E-state index is 14.2. The van der Waals surface area contributed by atoms with Gasteiger partial charge in [-0.15, -0.1) is 0 Å². The van der Waals surface area contributed by atoms with Gasteiger partial charge in [-0.05, 0) is 43.0 Å². The molecule has 0 saturated carbocycles. The lowest BCUT2D eigenvalue weighted by atomic mass is 9.98. The van der Waals surface area contributed by atoms with E-state index < -0.39 is 11.9 Å². The number of ether oxygens (including phenoxy) is 2. The molecule has 0 aliphatic rings. The molecule has 3 nitrogen and oxygen atoms in total. The van der Waals surface area contributed by atoms with Gasteiger partial charge in [-0.2, -0.15) is 0 Å². The van der Waals surface area contributed by atoms with Crippen LogP contribution in [0.25, 0.3) is 0 Å². The third-order valence-electron chi connectivity index (χ3n) is 3.64. The van der Waals surface area contributed by atoms with E-state index in [1.54, 1.807) is 25.3 Å². The first-order valence-corrected chi connectivity index (χ1v) is 7.71. The fourth-order valence-electron chi connectivity index (χ4n) is 2.55. The van der Waals surface area contributed by atoms with Gasteiger partial charge in [0.2, 0.25) is 0 Å². The Kier molecular flexibility index (Phi) is 6.13. The molecule has 0 aromatic heterocycles. The molecule has 0 fully saturated rings. The molecular weight excluding hydrogens is 295 g/mol. The third kappa shape index (κ3) is 4.78. The number of hydrogen-bond donors (Lipinski definition) is 1. The molecule has 0 radical (unpaired) electrons. The number of hydrogen-bond acceptors (Lipinski definition) is 3. The normalized spacial score (nSPS) is 13.6. The van der Waals surface area contributed by atoms with E-state index in [1.807, 2.05) is 32.0 Å². The average molecular weight is 318 g/mol. The monoisotopic (exact) mass is 318 g/mol. The second kappa shape index (κ2) is 8.09. The van der Waals surface area contributed by atoms with Gasteiger partial charge >= 0.3 is 0 Å². The highest BCUT2D eigenvalue weighted by Crippen LogP contribution is 2.35. The first kappa shape index (κ1) is 17.4. The zero-order valence-electron chi connectivity index (χ0n) is 13.8. The zero-order chi connectivity index (χ0) is 16.8. The Morgan fingerprint density at radius 3 is 2.61 bits per heavy atom. The molecule has 124 valence electrons. The van der Waals surface area contributed by atoms with Crippen LogP contribution in [0.15, 0.2) is 42.5 Å². The number of aliphatic hydroxyl groups excluding tert-OH is 1. The van der Waals surface area contributed by atoms with E-state index in [4.69, 9.17) is 9.47 Å². The summed E-state index contributed by atoms with van der Waals surface area (Å²) in [5.74, 6) is 0.302. The van der Waals surface area contributed by atoms with Crippen molar-refractivity contribution in [1.82, 2.24) is 0 Å². The highest BCUT2D eigenvalue weighted by molar-refractivity contribution is 5.41. The van der Waals surface area contributed by atoms with Crippen molar-refractivity contribution >= 4 is 0 Å². The minimum Gasteiger partial charge on any atom is -0.454 e. The summed E-state index contributed by atoms with van der Waals surface area (Å²) in [6, 6.07) is 12.0. The lowest BCUT2D eigenvalue weighted by Crippen LogP contribution is -2.10. The largest absolute Gasteiger partial charge is 0.454 e. The summed E-state index contributed by atoms with van der Waals surface area (Å²) in [7, 11) is 1.62. The van der Waals surface area contributed by atoms with Crippen LogP contribution in [0.4, 0.5) is 4.39 Å². The summed E-state index contributed by atoms with van der Waals surface area (Å²) in [4.78, 5) is 0. The fourth-order valence-corrected chi connectivity index (χ4v) is 2.55. The molecule has 0 aliphatic carbocycles. The number of aliphatic hydroxyl groups is 1. The van der Waals surface area contributed by atoms with Crippen LogP contribution in [-0.2, 0) is 4.74 Å². The molecule has 0 heterocycles. The van der Waals surface area contributed by atoms with Gasteiger partial charge in [0.25, 0.3) is 0 Å². The van der Waals surface area contributed by atoms with E-state index in [-0.39, 0.29) is 11.7 Å². The topological polar surface area (TPSA) is 38.7 Å². The van der Waals surface area contributed by atoms with E-state index in [9.17, 15) is 9.50 Å². The van der Waals surface area contributed by atoms with Crippen LogP contribution >= 0.6 is 0 Å². The van der Waals surface area contributed by atoms with E-state index in [0.717, 1.165) is 5.56 Å². The predicted molar refractivity (Wildman–Crippen MR) is 88.3 cm³/mol. The molecular formula is C19H23FO3. The van der Waals surface area contributed by atoms with Crippen molar-refractivity contribution in [1.29, 1.82) is 0 Å². The molecule has 0 amide bonds. The fraction of sp³-hybridized carbons (Fsp3) is 0.368. The smallest absolute Gasteiger partial charge is 0.168 e. The van der Waals surface area contributed by atoms with Gasteiger partial charge in [0, 0.05) is 19.3 Å². The van der Waals surface area contributed by atoms with E-state index in [1.165, 1.54) is 6.07 Å². The van der Waals surface area contributed by atoms with Crippen molar-refractivity contribution in [2.24, 2.45) is 5.92 Å². The lowest BCUT2D eigenvalue weighted by molar-refractivity contribution is 0.100. The second-order valence-electron chi connectivity index (χ2n) is 5.89. The van der Waals surface area contributed by atoms with Crippen LogP contribution in [-0.4, -0.2) is 18.8 Å². The number of methoxy groups -OCH3 is 1. The number of halogens is 1. The van der Waals surface area contributed by atoms with Crippen molar-refractivity contribution in [2.75, 3.05) is 13.7 Å². The van der Waals surface area contributed by atoms with Crippen LogP contribution in [0, 0.1) is 18.7 Å². The maximum Gasteiger partial charge on any atom is 0.168 e. The summed E-state index contributed by atoms with van der Waals surface area (Å²) in [6.45, 7) is 4.46. The van der Waals surface area contributed by atoms with Gasteiger partial charge in [-0.25, -0.2) is 4.39 Å². The van der Waals surface area contributed by atoms with Crippen molar-refractivity contribution in [3.63, 3.8) is 0 Å². The first-order chi connectivity index (χ1) is 11.0. The third-order valence-corrected chi connectivity index (χ3v) is 3.64. The number of aryl methyl sites for hydroxylation is 1. The van der Waals surface area contributed by atoms with Crippen LogP contribution < -0.4 is 4.74 Å². The molecule has 2 aromatic rings. The highest BCUT2D eigenvalue weighted by atomic mass is 19.1. The minimum atomic E-state index is -0.810. The van der Waals surface area contributed by atoms with Crippen LogP contribution in [0.1, 0.15) is 30.6 Å². The Morgan fingerprint density at radius 2 is 1.91 bits per heavy atom. The van der Waals surface area contributed by atoms with Gasteiger partial charge in [-0.3, -0.25) is 0 Å². The van der Waals surface area contributed by atoms with Gasteiger partial charge in [0.05, 0.1) is 6.10 Å². The molecule has 2 unspecified atom stereocenters. The summed E-state index contributed by atoms with van der Waals surface area (Å²) in [5.41, 5.74) is 1.48. The Balaban J connectivity index is 2.25. The van der Waals surface area contributed by atoms with E-state index in [2.05, 4.69) is 0 Å². The molecule has 2 rings (SSSR count). The summed E-state index contributed by atoms with van der Waals surface area (Å²) in [6.07, 6.45) is -0.336. The van der Waals surface area contributed by atoms with Gasteiger partial charge in [0.15, 0.2) is 11.6 Å². The molecule has 2 aromatic carbocycles. The first-order valence-electron chi connectivity index (χ1n) is 7.71. The van der Waals surface area contributed by atoms with Crippen molar-refractivity contribution in [3.8, 4) is 11.5 Å². The SMILES string of the molecule is COCC(C)CC(O)c1cccc(F)c1Oc1cccc(C)c1. The van der Waals surface area contributed by atoms with Crippen LogP contribution in [0.5, 0.6) is 11.5 Å². The summed E-state index contributed by atoms with van der Waals surface area (Å²) >= 11 is 0. The number of para-hydroxylation sites is 1. The number of rotatable bonds is 7. The minimum absolute atomic E-state index is 0.0789. The molecule has 4 heteroatoms. The Bertz CT molecular complexity index is 642. The Labute approximate surface area is 136 Å². The van der Waals surface area contributed by atoms with Crippen molar-refractivity contribution in [3.05, 3.63) is 59.4 Å². The summed E-state index contributed by atoms with van der Waals surface area (Å²) < 4.78 is 25.0. The average Bonchev–Trinajstić information content (AvgIpc) is 2.49. The van der Waals surface area contributed by atoms with Crippen LogP contribution in [0.3, 0.4) is 0 Å². The van der Waals surface area contributed by atoms with Crippen LogP contribution in [0.2, 0.25) is 0 Å². The maximum absolute atomic E-state index is 14.2. The molecule has 1 N–H and O–H groups in total. The molecule has 0 saturated heterocycles. The molecule has 0 spiro atoms. The molecule has 2 atom stereocenters. The van der Waals surface area contributed by atoms with Crippen molar-refractivity contribution in [2.45, 2.75) is 26.4 Å². The zero-order valence-corrected chi connectivity index (χ0v) is 13.8. The molecule has 23 heavy (non-hydrogen) atoms. The quantitative estimate of drug-likeness (QED) is 0.809. The number of benzene rings is 2.